The van der Waals surface area contributed by atoms with Gasteiger partial charge in [-0.2, -0.15) is 13.2 Å². The van der Waals surface area contributed by atoms with Crippen molar-refractivity contribution in [1.82, 2.24) is 4.72 Å². The fourth-order valence-corrected chi connectivity index (χ4v) is 4.05. The molecule has 1 aliphatic rings. The summed E-state index contributed by atoms with van der Waals surface area (Å²) in [6.45, 7) is -0.0542. The molecule has 1 aliphatic heterocycles. The monoisotopic (exact) mass is 330 g/mol. The van der Waals surface area contributed by atoms with Crippen LogP contribution in [-0.4, -0.2) is 23.4 Å². The van der Waals surface area contributed by atoms with Gasteiger partial charge in [-0.05, 0) is 24.1 Å². The molecule has 0 radical (unpaired) electrons. The molecule has 0 unspecified atom stereocenters. The van der Waals surface area contributed by atoms with Gasteiger partial charge in [0.05, 0.1) is 15.4 Å². The second kappa shape index (κ2) is 4.41. The lowest BCUT2D eigenvalue weighted by Crippen LogP contribution is -2.33. The number of sulfonamides is 2. The number of rotatable bonds is 1. The molecule has 0 spiro atoms. The van der Waals surface area contributed by atoms with E-state index in [-0.39, 0.29) is 18.5 Å². The summed E-state index contributed by atoms with van der Waals surface area (Å²) in [6.07, 6.45) is -4.92. The van der Waals surface area contributed by atoms with Crippen LogP contribution in [0.25, 0.3) is 0 Å². The van der Waals surface area contributed by atoms with Crippen LogP contribution in [0, 0.1) is 0 Å². The Labute approximate surface area is 112 Å². The summed E-state index contributed by atoms with van der Waals surface area (Å²) < 4.78 is 86.6. The number of primary sulfonamides is 1. The van der Waals surface area contributed by atoms with Gasteiger partial charge in [0.25, 0.3) is 0 Å². The van der Waals surface area contributed by atoms with Gasteiger partial charge >= 0.3 is 6.18 Å². The van der Waals surface area contributed by atoms with E-state index in [1.807, 2.05) is 0 Å². The summed E-state index contributed by atoms with van der Waals surface area (Å²) in [4.78, 5) is -1.75. The molecule has 3 N–H and O–H groups in total. The summed E-state index contributed by atoms with van der Waals surface area (Å²) in [5.74, 6) is 0. The SMILES string of the molecule is NS(=O)(=O)c1cc2c(cc1C(F)(F)F)CCNS2(=O)=O. The molecular weight excluding hydrogens is 321 g/mol. The highest BCUT2D eigenvalue weighted by Gasteiger charge is 2.39. The number of hydrogen-bond acceptors (Lipinski definition) is 4. The molecule has 1 aromatic rings. The van der Waals surface area contributed by atoms with E-state index in [1.165, 1.54) is 0 Å². The summed E-state index contributed by atoms with van der Waals surface area (Å²) in [6, 6.07) is 0.975. The lowest BCUT2D eigenvalue weighted by molar-refractivity contribution is -0.140. The molecular formula is C9H9F3N2O4S2. The lowest BCUT2D eigenvalue weighted by Gasteiger charge is -2.21. The molecule has 0 amide bonds. The third-order valence-corrected chi connectivity index (χ3v) is 5.24. The molecule has 2 rings (SSSR count). The Morgan fingerprint density at radius 1 is 1.25 bits per heavy atom. The quantitative estimate of drug-likeness (QED) is 0.766. The fraction of sp³-hybridized carbons (Fsp3) is 0.333. The third kappa shape index (κ3) is 2.66. The maximum Gasteiger partial charge on any atom is 0.417 e. The minimum atomic E-state index is -4.95. The van der Waals surface area contributed by atoms with E-state index in [1.54, 1.807) is 0 Å². The Balaban J connectivity index is 2.87. The van der Waals surface area contributed by atoms with Gasteiger partial charge in [-0.15, -0.1) is 0 Å². The molecule has 1 aromatic carbocycles. The predicted octanol–water partition coefficient (Wildman–Crippen LogP) is 0.187. The number of nitrogens with one attached hydrogen (secondary N) is 1. The van der Waals surface area contributed by atoms with E-state index in [0.717, 1.165) is 0 Å². The first-order valence-corrected chi connectivity index (χ1v) is 8.22. The minimum Gasteiger partial charge on any atom is -0.225 e. The van der Waals surface area contributed by atoms with Crippen LogP contribution >= 0.6 is 0 Å². The van der Waals surface area contributed by atoms with Crippen LogP contribution in [0.15, 0.2) is 21.9 Å². The van der Waals surface area contributed by atoms with Gasteiger partial charge < -0.3 is 0 Å². The third-order valence-electron chi connectivity index (χ3n) is 2.75. The molecule has 0 aromatic heterocycles. The molecule has 1 heterocycles. The van der Waals surface area contributed by atoms with Crippen LogP contribution in [0.4, 0.5) is 13.2 Å². The summed E-state index contributed by atoms with van der Waals surface area (Å²) in [7, 11) is -8.74. The van der Waals surface area contributed by atoms with Gasteiger partial charge in [-0.3, -0.25) is 0 Å². The normalized spacial score (nSPS) is 18.6. The van der Waals surface area contributed by atoms with Crippen LogP contribution in [0.3, 0.4) is 0 Å². The Morgan fingerprint density at radius 2 is 1.85 bits per heavy atom. The van der Waals surface area contributed by atoms with Gasteiger partial charge in [0.15, 0.2) is 0 Å². The van der Waals surface area contributed by atoms with Gasteiger partial charge in [0.1, 0.15) is 0 Å². The topological polar surface area (TPSA) is 106 Å². The largest absolute Gasteiger partial charge is 0.417 e. The first-order valence-electron chi connectivity index (χ1n) is 5.19. The van der Waals surface area contributed by atoms with Gasteiger partial charge in [-0.25, -0.2) is 26.7 Å². The standard InChI is InChI=1S/C9H9F3N2O4S2/c10-9(11,12)6-3-5-1-2-14-20(17,18)7(5)4-8(6)19(13,15)16/h3-4,14H,1-2H2,(H2,13,15,16). The van der Waals surface area contributed by atoms with Crippen molar-refractivity contribution in [3.8, 4) is 0 Å². The zero-order chi connectivity index (χ0) is 15.3. The fourth-order valence-electron chi connectivity index (χ4n) is 1.91. The molecule has 6 nitrogen and oxygen atoms in total. The molecule has 0 aliphatic carbocycles. The maximum absolute atomic E-state index is 12.9. The van der Waals surface area contributed by atoms with E-state index in [2.05, 4.69) is 4.72 Å². The number of halogens is 3. The number of alkyl halides is 3. The average molecular weight is 330 g/mol. The first kappa shape index (κ1) is 15.2. The molecule has 0 bridgehead atoms. The molecule has 20 heavy (non-hydrogen) atoms. The van der Waals surface area contributed by atoms with Crippen molar-refractivity contribution >= 4 is 20.0 Å². The Morgan fingerprint density at radius 3 is 2.35 bits per heavy atom. The second-order valence-corrected chi connectivity index (χ2v) is 7.41. The van der Waals surface area contributed by atoms with E-state index in [9.17, 15) is 30.0 Å². The van der Waals surface area contributed by atoms with Crippen molar-refractivity contribution < 1.29 is 30.0 Å². The highest BCUT2D eigenvalue weighted by molar-refractivity contribution is 7.90. The summed E-state index contributed by atoms with van der Waals surface area (Å²) in [5.41, 5.74) is -1.56. The second-order valence-electron chi connectivity index (χ2n) is 4.15. The number of fused-ring (bicyclic) bond motifs is 1. The zero-order valence-corrected chi connectivity index (χ0v) is 11.4. The maximum atomic E-state index is 12.9. The van der Waals surface area contributed by atoms with Crippen molar-refractivity contribution in [3.05, 3.63) is 23.3 Å². The van der Waals surface area contributed by atoms with Crippen LogP contribution in [-0.2, 0) is 32.6 Å². The minimum absolute atomic E-state index is 0.0303. The van der Waals surface area contributed by atoms with Crippen molar-refractivity contribution in [1.29, 1.82) is 0 Å². The van der Waals surface area contributed by atoms with Crippen LogP contribution in [0.5, 0.6) is 0 Å². The number of benzene rings is 1. The van der Waals surface area contributed by atoms with Gasteiger partial charge in [0.2, 0.25) is 20.0 Å². The van der Waals surface area contributed by atoms with E-state index in [0.29, 0.717) is 12.1 Å². The Kier molecular flexibility index (Phi) is 3.36. The number of nitrogens with two attached hydrogens (primary N) is 1. The molecule has 0 fully saturated rings. The number of hydrogen-bond donors (Lipinski definition) is 2. The van der Waals surface area contributed by atoms with Crippen LogP contribution in [0.2, 0.25) is 0 Å². The molecule has 112 valence electrons. The van der Waals surface area contributed by atoms with E-state index in [4.69, 9.17) is 5.14 Å². The van der Waals surface area contributed by atoms with E-state index >= 15 is 0 Å². The van der Waals surface area contributed by atoms with Crippen molar-refractivity contribution in [2.45, 2.75) is 22.4 Å². The van der Waals surface area contributed by atoms with Gasteiger partial charge in [0, 0.05) is 6.54 Å². The molecule has 0 saturated heterocycles. The highest BCUT2D eigenvalue weighted by atomic mass is 32.2. The smallest absolute Gasteiger partial charge is 0.225 e. The summed E-state index contributed by atoms with van der Waals surface area (Å²) in [5, 5.41) is 4.73. The molecule has 0 saturated carbocycles. The summed E-state index contributed by atoms with van der Waals surface area (Å²) >= 11 is 0. The Hall–Kier alpha value is -1.17. The Bertz CT molecular complexity index is 769. The highest BCUT2D eigenvalue weighted by Crippen LogP contribution is 2.37. The van der Waals surface area contributed by atoms with E-state index < -0.39 is 41.6 Å². The molecule has 11 heteroatoms. The first-order chi connectivity index (χ1) is 8.93. The van der Waals surface area contributed by atoms with Crippen LogP contribution < -0.4 is 9.86 Å². The lowest BCUT2D eigenvalue weighted by atomic mass is 10.1. The van der Waals surface area contributed by atoms with Crippen LogP contribution in [0.1, 0.15) is 11.1 Å². The van der Waals surface area contributed by atoms with Crippen molar-refractivity contribution in [3.63, 3.8) is 0 Å². The van der Waals surface area contributed by atoms with Gasteiger partial charge in [-0.1, -0.05) is 0 Å². The predicted molar refractivity (Wildman–Crippen MR) is 61.7 cm³/mol. The van der Waals surface area contributed by atoms with Crippen molar-refractivity contribution in [2.24, 2.45) is 5.14 Å². The zero-order valence-electron chi connectivity index (χ0n) is 9.73. The average Bonchev–Trinajstić information content (AvgIpc) is 2.24. The molecule has 0 atom stereocenters. The van der Waals surface area contributed by atoms with Crippen molar-refractivity contribution in [2.75, 3.05) is 6.54 Å².